The number of carbonyl (C=O) groups is 2. The zero-order chi connectivity index (χ0) is 19.9. The number of piperidine rings is 1. The zero-order valence-electron chi connectivity index (χ0n) is 15.7. The summed E-state index contributed by atoms with van der Waals surface area (Å²) in [4.78, 5) is 29.9. The first-order valence-electron chi connectivity index (χ1n) is 9.26. The molecule has 0 unspecified atom stereocenters. The van der Waals surface area contributed by atoms with Crippen LogP contribution < -0.4 is 10.6 Å². The molecule has 2 aromatic rings. The van der Waals surface area contributed by atoms with E-state index in [0.717, 1.165) is 0 Å². The Hall–Kier alpha value is -3.16. The molecule has 1 aromatic heterocycles. The van der Waals surface area contributed by atoms with Gasteiger partial charge in [-0.1, -0.05) is 6.07 Å². The van der Waals surface area contributed by atoms with Gasteiger partial charge >= 0.3 is 6.09 Å². The minimum Gasteiger partial charge on any atom is -0.450 e. The highest BCUT2D eigenvalue weighted by molar-refractivity contribution is 5.92. The third-order valence-electron chi connectivity index (χ3n) is 4.47. The molecule has 0 spiro atoms. The Morgan fingerprint density at radius 2 is 2.00 bits per heavy atom. The standard InChI is InChI=1S/C20H23FN4O3/c1-2-28-20(27)25-10-8-15(9-11-25)24-19(26)18-7-6-17(13-22-18)23-16-5-3-4-14(21)12-16/h3-7,12-13,15,23H,2,8-11H2,1H3,(H,24,26). The van der Waals surface area contributed by atoms with Crippen LogP contribution in [-0.4, -0.2) is 47.6 Å². The van der Waals surface area contributed by atoms with Gasteiger partial charge in [-0.15, -0.1) is 0 Å². The van der Waals surface area contributed by atoms with Crippen LogP contribution in [0.3, 0.4) is 0 Å². The second kappa shape index (κ2) is 9.16. The van der Waals surface area contributed by atoms with Gasteiger partial charge in [-0.25, -0.2) is 14.2 Å². The number of nitrogens with zero attached hydrogens (tertiary/aromatic N) is 2. The van der Waals surface area contributed by atoms with Crippen LogP contribution in [-0.2, 0) is 4.74 Å². The highest BCUT2D eigenvalue weighted by Gasteiger charge is 2.25. The lowest BCUT2D eigenvalue weighted by atomic mass is 10.1. The van der Waals surface area contributed by atoms with Crippen molar-refractivity contribution in [2.24, 2.45) is 0 Å². The van der Waals surface area contributed by atoms with Crippen molar-refractivity contribution in [3.63, 3.8) is 0 Å². The molecule has 1 saturated heterocycles. The summed E-state index contributed by atoms with van der Waals surface area (Å²) in [5.74, 6) is -0.588. The van der Waals surface area contributed by atoms with Crippen LogP contribution in [0.2, 0.25) is 0 Å². The van der Waals surface area contributed by atoms with E-state index in [4.69, 9.17) is 4.74 Å². The van der Waals surface area contributed by atoms with E-state index in [1.54, 1.807) is 36.1 Å². The Kier molecular flexibility index (Phi) is 6.41. The fourth-order valence-electron chi connectivity index (χ4n) is 3.02. The smallest absolute Gasteiger partial charge is 0.409 e. The Labute approximate surface area is 162 Å². The zero-order valence-corrected chi connectivity index (χ0v) is 15.7. The third-order valence-corrected chi connectivity index (χ3v) is 4.47. The van der Waals surface area contributed by atoms with Crippen LogP contribution in [0, 0.1) is 5.82 Å². The number of amides is 2. The Morgan fingerprint density at radius 1 is 1.21 bits per heavy atom. The number of halogens is 1. The van der Waals surface area contributed by atoms with Gasteiger partial charge in [0.2, 0.25) is 0 Å². The monoisotopic (exact) mass is 386 g/mol. The van der Waals surface area contributed by atoms with Crippen LogP contribution in [0.1, 0.15) is 30.3 Å². The van der Waals surface area contributed by atoms with Crippen molar-refractivity contribution in [1.29, 1.82) is 0 Å². The summed E-state index contributed by atoms with van der Waals surface area (Å²) in [6, 6.07) is 9.43. The maximum Gasteiger partial charge on any atom is 0.409 e. The second-order valence-electron chi connectivity index (χ2n) is 6.50. The molecule has 2 amide bonds. The topological polar surface area (TPSA) is 83.6 Å². The molecule has 148 valence electrons. The van der Waals surface area contributed by atoms with E-state index in [2.05, 4.69) is 15.6 Å². The predicted molar refractivity (Wildman–Crippen MR) is 103 cm³/mol. The normalized spacial score (nSPS) is 14.4. The minimum absolute atomic E-state index is 0.00919. The largest absolute Gasteiger partial charge is 0.450 e. The molecule has 7 nitrogen and oxygen atoms in total. The fourth-order valence-corrected chi connectivity index (χ4v) is 3.02. The molecule has 0 aliphatic carbocycles. The first kappa shape index (κ1) is 19.6. The van der Waals surface area contributed by atoms with Gasteiger partial charge in [-0.2, -0.15) is 0 Å². The maximum absolute atomic E-state index is 13.2. The lowest BCUT2D eigenvalue weighted by Gasteiger charge is -2.31. The summed E-state index contributed by atoms with van der Waals surface area (Å²) in [6.45, 7) is 3.23. The first-order chi connectivity index (χ1) is 13.5. The van der Waals surface area contributed by atoms with Gasteiger partial charge < -0.3 is 20.3 Å². The lowest BCUT2D eigenvalue weighted by Crippen LogP contribution is -2.46. The van der Waals surface area contributed by atoms with Crippen molar-refractivity contribution in [2.75, 3.05) is 25.0 Å². The van der Waals surface area contributed by atoms with E-state index in [9.17, 15) is 14.0 Å². The molecule has 2 N–H and O–H groups in total. The van der Waals surface area contributed by atoms with E-state index in [1.165, 1.54) is 18.3 Å². The van der Waals surface area contributed by atoms with Gasteiger partial charge in [0.15, 0.2) is 0 Å². The number of rotatable bonds is 5. The molecule has 1 aliphatic rings. The number of hydrogen-bond acceptors (Lipinski definition) is 5. The fraction of sp³-hybridized carbons (Fsp3) is 0.350. The van der Waals surface area contributed by atoms with Crippen LogP contribution in [0.15, 0.2) is 42.6 Å². The molecule has 28 heavy (non-hydrogen) atoms. The average molecular weight is 386 g/mol. The number of ether oxygens (including phenoxy) is 1. The maximum atomic E-state index is 13.2. The molecule has 1 aliphatic heterocycles. The molecule has 8 heteroatoms. The SMILES string of the molecule is CCOC(=O)N1CCC(NC(=O)c2ccc(Nc3cccc(F)c3)cn2)CC1. The molecule has 0 bridgehead atoms. The highest BCUT2D eigenvalue weighted by atomic mass is 19.1. The molecule has 1 aromatic carbocycles. The van der Waals surface area contributed by atoms with Crippen molar-refractivity contribution < 1.29 is 18.7 Å². The van der Waals surface area contributed by atoms with Crippen LogP contribution in [0.5, 0.6) is 0 Å². The second-order valence-corrected chi connectivity index (χ2v) is 6.50. The Balaban J connectivity index is 1.50. The first-order valence-corrected chi connectivity index (χ1v) is 9.26. The quantitative estimate of drug-likeness (QED) is 0.824. The van der Waals surface area contributed by atoms with Gasteiger partial charge in [-0.05, 0) is 50.1 Å². The number of aromatic nitrogens is 1. The number of pyridine rings is 1. The summed E-state index contributed by atoms with van der Waals surface area (Å²) in [5, 5.41) is 5.99. The van der Waals surface area contributed by atoms with Crippen molar-refractivity contribution in [1.82, 2.24) is 15.2 Å². The van der Waals surface area contributed by atoms with Crippen LogP contribution in [0.4, 0.5) is 20.6 Å². The van der Waals surface area contributed by atoms with Crippen molar-refractivity contribution in [3.8, 4) is 0 Å². The van der Waals surface area contributed by atoms with E-state index in [-0.39, 0.29) is 23.9 Å². The predicted octanol–water partition coefficient (Wildman–Crippen LogP) is 3.32. The number of anilines is 2. The number of carbonyl (C=O) groups excluding carboxylic acids is 2. The Morgan fingerprint density at radius 3 is 2.64 bits per heavy atom. The molecule has 2 heterocycles. The molecule has 0 saturated carbocycles. The van der Waals surface area contributed by atoms with Crippen molar-refractivity contribution >= 4 is 23.4 Å². The Bertz CT molecular complexity index is 820. The third kappa shape index (κ3) is 5.18. The van der Waals surface area contributed by atoms with Crippen molar-refractivity contribution in [2.45, 2.75) is 25.8 Å². The highest BCUT2D eigenvalue weighted by Crippen LogP contribution is 2.17. The van der Waals surface area contributed by atoms with E-state index >= 15 is 0 Å². The molecule has 0 atom stereocenters. The van der Waals surface area contributed by atoms with E-state index < -0.39 is 0 Å². The molecular formula is C20H23FN4O3. The summed E-state index contributed by atoms with van der Waals surface area (Å²) >= 11 is 0. The molecule has 0 radical (unpaired) electrons. The number of nitrogens with one attached hydrogen (secondary N) is 2. The minimum atomic E-state index is -0.331. The van der Waals surface area contributed by atoms with Crippen molar-refractivity contribution in [3.05, 3.63) is 54.1 Å². The van der Waals surface area contributed by atoms with Crippen LogP contribution >= 0.6 is 0 Å². The average Bonchev–Trinajstić information content (AvgIpc) is 2.69. The van der Waals surface area contributed by atoms with Crippen LogP contribution in [0.25, 0.3) is 0 Å². The van der Waals surface area contributed by atoms with Gasteiger partial charge in [0.1, 0.15) is 11.5 Å². The summed E-state index contributed by atoms with van der Waals surface area (Å²) in [7, 11) is 0. The van der Waals surface area contributed by atoms with E-state index in [0.29, 0.717) is 49.6 Å². The lowest BCUT2D eigenvalue weighted by molar-refractivity contribution is 0.0856. The summed E-state index contributed by atoms with van der Waals surface area (Å²) in [6.07, 6.45) is 2.56. The van der Waals surface area contributed by atoms with E-state index in [1.807, 2.05) is 0 Å². The summed E-state index contributed by atoms with van der Waals surface area (Å²) < 4.78 is 18.2. The van der Waals surface area contributed by atoms with Gasteiger partial charge in [0.05, 0.1) is 18.5 Å². The van der Waals surface area contributed by atoms with Gasteiger partial charge in [-0.3, -0.25) is 4.79 Å². The number of benzene rings is 1. The van der Waals surface area contributed by atoms with Gasteiger partial charge in [0.25, 0.3) is 5.91 Å². The van der Waals surface area contributed by atoms with Gasteiger partial charge in [0, 0.05) is 24.8 Å². The number of hydrogen-bond donors (Lipinski definition) is 2. The summed E-state index contributed by atoms with van der Waals surface area (Å²) in [5.41, 5.74) is 1.56. The number of likely N-dealkylation sites (tertiary alicyclic amines) is 1. The molecule has 3 rings (SSSR count). The molecule has 1 fully saturated rings. The molecular weight excluding hydrogens is 363 g/mol.